The highest BCUT2D eigenvalue weighted by Gasteiger charge is 2.40. The van der Waals surface area contributed by atoms with Gasteiger partial charge in [0.25, 0.3) is 0 Å². The van der Waals surface area contributed by atoms with Gasteiger partial charge in [-0.05, 0) is 36.1 Å². The van der Waals surface area contributed by atoms with E-state index in [1.807, 2.05) is 17.5 Å². The van der Waals surface area contributed by atoms with Crippen molar-refractivity contribution in [2.45, 2.75) is 38.7 Å². The molecule has 1 unspecified atom stereocenters. The van der Waals surface area contributed by atoms with Crippen LogP contribution in [-0.4, -0.2) is 18.2 Å². The molecule has 0 radical (unpaired) electrons. The first-order valence-corrected chi connectivity index (χ1v) is 7.06. The minimum Gasteiger partial charge on any atom is -0.386 e. The molecular weight excluding hydrogens is 218 g/mol. The maximum atomic E-state index is 9.90. The van der Waals surface area contributed by atoms with Gasteiger partial charge in [-0.2, -0.15) is 0 Å². The van der Waals surface area contributed by atoms with Crippen LogP contribution < -0.4 is 5.32 Å². The van der Waals surface area contributed by atoms with Crippen molar-refractivity contribution < 1.29 is 5.11 Å². The van der Waals surface area contributed by atoms with E-state index >= 15 is 0 Å². The largest absolute Gasteiger partial charge is 0.386 e. The minimum atomic E-state index is -0.336. The minimum absolute atomic E-state index is 0.336. The third-order valence-electron chi connectivity index (χ3n) is 3.45. The van der Waals surface area contributed by atoms with Crippen molar-refractivity contribution in [3.8, 4) is 0 Å². The zero-order chi connectivity index (χ0) is 11.4. The Balaban J connectivity index is 1.68. The zero-order valence-corrected chi connectivity index (χ0v) is 10.7. The van der Waals surface area contributed by atoms with Crippen molar-refractivity contribution in [1.82, 2.24) is 5.32 Å². The van der Waals surface area contributed by atoms with Crippen molar-refractivity contribution in [3.05, 3.63) is 22.4 Å². The van der Waals surface area contributed by atoms with Crippen LogP contribution in [0.2, 0.25) is 0 Å². The molecule has 0 amide bonds. The van der Waals surface area contributed by atoms with Crippen LogP contribution in [0.25, 0.3) is 0 Å². The number of aliphatic hydroxyl groups excluding tert-OH is 1. The molecule has 1 aliphatic rings. The highest BCUT2D eigenvalue weighted by Crippen LogP contribution is 2.48. The highest BCUT2D eigenvalue weighted by molar-refractivity contribution is 7.10. The lowest BCUT2D eigenvalue weighted by Gasteiger charge is -2.16. The van der Waals surface area contributed by atoms with E-state index in [9.17, 15) is 5.11 Å². The smallest absolute Gasteiger partial charge is 0.101 e. The summed E-state index contributed by atoms with van der Waals surface area (Å²) in [7, 11) is 0. The molecule has 2 nitrogen and oxygen atoms in total. The molecule has 0 aliphatic heterocycles. The van der Waals surface area contributed by atoms with Crippen LogP contribution in [0.4, 0.5) is 0 Å². The van der Waals surface area contributed by atoms with Gasteiger partial charge in [0, 0.05) is 18.0 Å². The lowest BCUT2D eigenvalue weighted by atomic mass is 10.0. The van der Waals surface area contributed by atoms with Crippen LogP contribution in [-0.2, 0) is 0 Å². The number of hydrogen-bond donors (Lipinski definition) is 2. The normalized spacial score (nSPS) is 19.6. The molecule has 1 aromatic heterocycles. The van der Waals surface area contributed by atoms with Crippen LogP contribution in [0.5, 0.6) is 0 Å². The first-order valence-electron chi connectivity index (χ1n) is 6.18. The zero-order valence-electron chi connectivity index (χ0n) is 9.91. The van der Waals surface area contributed by atoms with Crippen molar-refractivity contribution in [1.29, 1.82) is 0 Å². The molecular formula is C13H21NOS. The van der Waals surface area contributed by atoms with Gasteiger partial charge in [0.05, 0.1) is 0 Å². The average molecular weight is 239 g/mol. The summed E-state index contributed by atoms with van der Waals surface area (Å²) >= 11 is 1.62. The van der Waals surface area contributed by atoms with E-state index in [-0.39, 0.29) is 6.10 Å². The first kappa shape index (κ1) is 12.1. The van der Waals surface area contributed by atoms with Crippen LogP contribution in [0.1, 0.15) is 43.6 Å². The third kappa shape index (κ3) is 3.06. The number of rotatable bonds is 7. The molecule has 1 heterocycles. The monoisotopic (exact) mass is 239 g/mol. The molecule has 0 spiro atoms. The number of nitrogens with one attached hydrogen (secondary N) is 1. The van der Waals surface area contributed by atoms with E-state index in [2.05, 4.69) is 12.2 Å². The predicted octanol–water partition coefficient (Wildman–Crippen LogP) is 2.95. The molecule has 0 aromatic carbocycles. The lowest BCUT2D eigenvalue weighted by molar-refractivity contribution is 0.175. The summed E-state index contributed by atoms with van der Waals surface area (Å²) in [4.78, 5) is 1.06. The Morgan fingerprint density at radius 2 is 2.38 bits per heavy atom. The second kappa shape index (κ2) is 5.30. The first-order chi connectivity index (χ1) is 7.76. The van der Waals surface area contributed by atoms with Crippen molar-refractivity contribution in [2.75, 3.05) is 13.1 Å². The van der Waals surface area contributed by atoms with Gasteiger partial charge in [-0.3, -0.25) is 0 Å². The summed E-state index contributed by atoms with van der Waals surface area (Å²) in [5.74, 6) is 0. The Labute approximate surface area is 102 Å². The van der Waals surface area contributed by atoms with E-state index in [1.165, 1.54) is 25.7 Å². The van der Waals surface area contributed by atoms with Gasteiger partial charge in [-0.1, -0.05) is 19.4 Å². The fraction of sp³-hybridized carbons (Fsp3) is 0.692. The van der Waals surface area contributed by atoms with Gasteiger partial charge in [0.1, 0.15) is 6.10 Å². The van der Waals surface area contributed by atoms with Crippen LogP contribution in [0.3, 0.4) is 0 Å². The Morgan fingerprint density at radius 3 is 2.94 bits per heavy atom. The lowest BCUT2D eigenvalue weighted by Crippen LogP contribution is -2.28. The fourth-order valence-electron chi connectivity index (χ4n) is 2.28. The molecule has 0 bridgehead atoms. The molecule has 1 fully saturated rings. The quantitative estimate of drug-likeness (QED) is 0.767. The van der Waals surface area contributed by atoms with Crippen molar-refractivity contribution >= 4 is 11.3 Å². The van der Waals surface area contributed by atoms with Gasteiger partial charge >= 0.3 is 0 Å². The van der Waals surface area contributed by atoms with Crippen LogP contribution in [0.15, 0.2) is 17.5 Å². The number of aliphatic hydroxyl groups is 1. The Hall–Kier alpha value is -0.380. The summed E-state index contributed by atoms with van der Waals surface area (Å²) in [6.07, 6.45) is 4.99. The third-order valence-corrected chi connectivity index (χ3v) is 4.42. The topological polar surface area (TPSA) is 32.3 Å². The standard InChI is InChI=1S/C13H21NOS/c1-2-5-13(6-7-13)10-14-9-11(15)12-4-3-8-16-12/h3-4,8,11,14-15H,2,5-7,9-10H2,1H3. The van der Waals surface area contributed by atoms with Crippen LogP contribution >= 0.6 is 11.3 Å². The van der Waals surface area contributed by atoms with E-state index in [1.54, 1.807) is 11.3 Å². The second-order valence-electron chi connectivity index (χ2n) is 4.91. The molecule has 90 valence electrons. The molecule has 0 saturated heterocycles. The van der Waals surface area contributed by atoms with Crippen LogP contribution in [0, 0.1) is 5.41 Å². The summed E-state index contributed by atoms with van der Waals surface area (Å²) < 4.78 is 0. The summed E-state index contributed by atoms with van der Waals surface area (Å²) in [5, 5.41) is 15.3. The van der Waals surface area contributed by atoms with E-state index in [0.717, 1.165) is 11.4 Å². The molecule has 16 heavy (non-hydrogen) atoms. The maximum Gasteiger partial charge on any atom is 0.101 e. The Kier molecular flexibility index (Phi) is 4.00. The van der Waals surface area contributed by atoms with Crippen molar-refractivity contribution in [2.24, 2.45) is 5.41 Å². The van der Waals surface area contributed by atoms with Crippen molar-refractivity contribution in [3.63, 3.8) is 0 Å². The maximum absolute atomic E-state index is 9.90. The molecule has 2 N–H and O–H groups in total. The van der Waals surface area contributed by atoms with E-state index < -0.39 is 0 Å². The van der Waals surface area contributed by atoms with E-state index in [0.29, 0.717) is 12.0 Å². The summed E-state index contributed by atoms with van der Waals surface area (Å²) in [6, 6.07) is 3.98. The fourth-order valence-corrected chi connectivity index (χ4v) is 2.99. The van der Waals surface area contributed by atoms with Gasteiger partial charge in [0.2, 0.25) is 0 Å². The van der Waals surface area contributed by atoms with E-state index in [4.69, 9.17) is 0 Å². The van der Waals surface area contributed by atoms with Gasteiger partial charge < -0.3 is 10.4 Å². The molecule has 2 rings (SSSR count). The average Bonchev–Trinajstić information content (AvgIpc) is 2.83. The van der Waals surface area contributed by atoms with Gasteiger partial charge in [-0.25, -0.2) is 0 Å². The molecule has 3 heteroatoms. The Bertz CT molecular complexity index is 306. The second-order valence-corrected chi connectivity index (χ2v) is 5.89. The van der Waals surface area contributed by atoms with Gasteiger partial charge in [0.15, 0.2) is 0 Å². The SMILES string of the molecule is CCCC1(CNCC(O)c2cccs2)CC1. The Morgan fingerprint density at radius 1 is 1.56 bits per heavy atom. The summed E-state index contributed by atoms with van der Waals surface area (Å²) in [5.41, 5.74) is 0.573. The number of hydrogen-bond acceptors (Lipinski definition) is 3. The molecule has 1 saturated carbocycles. The summed E-state index contributed by atoms with van der Waals surface area (Å²) in [6.45, 7) is 4.01. The predicted molar refractivity (Wildman–Crippen MR) is 68.7 cm³/mol. The number of thiophene rings is 1. The van der Waals surface area contributed by atoms with Gasteiger partial charge in [-0.15, -0.1) is 11.3 Å². The highest BCUT2D eigenvalue weighted by atomic mass is 32.1. The molecule has 1 atom stereocenters. The molecule has 1 aliphatic carbocycles. The molecule has 1 aromatic rings.